The van der Waals surface area contributed by atoms with E-state index in [1.807, 2.05) is 50.2 Å². The summed E-state index contributed by atoms with van der Waals surface area (Å²) >= 11 is 0. The Morgan fingerprint density at radius 1 is 1.03 bits per heavy atom. The van der Waals surface area contributed by atoms with E-state index in [2.05, 4.69) is 15.3 Å². The normalized spacial score (nSPS) is 16.1. The zero-order chi connectivity index (χ0) is 23.2. The standard InChI is InChI=1S/C23H26N6O3S/c1-16-7-8-18(15-21(16)33(31,32)28-11-9-27(10-12-28)13-14-30)22-24-25-23-20-6-4-3-5-19(20)17(2)26-29(22)23/h3-8,15,30H,9-14H2,1-2H3/p+1. The molecule has 0 radical (unpaired) electrons. The molecular formula is C23H27N6O3S+. The molecule has 2 aromatic carbocycles. The van der Waals surface area contributed by atoms with Crippen molar-refractivity contribution in [1.29, 1.82) is 0 Å². The maximum atomic E-state index is 13.5. The molecule has 0 saturated carbocycles. The van der Waals surface area contributed by atoms with Crippen LogP contribution in [0.1, 0.15) is 11.3 Å². The van der Waals surface area contributed by atoms with Gasteiger partial charge in [0.15, 0.2) is 11.5 Å². The first-order valence-electron chi connectivity index (χ1n) is 11.1. The van der Waals surface area contributed by atoms with Gasteiger partial charge >= 0.3 is 0 Å². The zero-order valence-electron chi connectivity index (χ0n) is 18.7. The first kappa shape index (κ1) is 21.9. The summed E-state index contributed by atoms with van der Waals surface area (Å²) in [6, 6.07) is 13.3. The van der Waals surface area contributed by atoms with Crippen LogP contribution in [0, 0.1) is 13.8 Å². The fourth-order valence-electron chi connectivity index (χ4n) is 4.53. The van der Waals surface area contributed by atoms with Gasteiger partial charge in [-0.05, 0) is 25.5 Å². The molecule has 0 atom stereocenters. The molecule has 1 saturated heterocycles. The average molecular weight is 468 g/mol. The smallest absolute Gasteiger partial charge is 0.243 e. The number of aryl methyl sites for hydroxylation is 2. The van der Waals surface area contributed by atoms with Crippen molar-refractivity contribution in [2.45, 2.75) is 18.7 Å². The second-order valence-corrected chi connectivity index (χ2v) is 10.4. The number of benzene rings is 2. The van der Waals surface area contributed by atoms with Crippen LogP contribution in [0.15, 0.2) is 47.4 Å². The summed E-state index contributed by atoms with van der Waals surface area (Å²) in [7, 11) is -3.66. The fraction of sp³-hybridized carbons (Fsp3) is 0.348. The number of piperazine rings is 1. The number of aliphatic hydroxyl groups excluding tert-OH is 1. The number of sulfonamides is 1. The van der Waals surface area contributed by atoms with Crippen molar-refractivity contribution in [3.8, 4) is 11.4 Å². The topological polar surface area (TPSA) is 105 Å². The van der Waals surface area contributed by atoms with Crippen LogP contribution in [0.4, 0.5) is 0 Å². The van der Waals surface area contributed by atoms with Gasteiger partial charge in [0.25, 0.3) is 0 Å². The molecule has 1 aliphatic rings. The molecule has 3 heterocycles. The summed E-state index contributed by atoms with van der Waals surface area (Å²) in [4.78, 5) is 1.50. The monoisotopic (exact) mass is 467 g/mol. The van der Waals surface area contributed by atoms with Crippen LogP contribution in [0.2, 0.25) is 0 Å². The average Bonchev–Trinajstić information content (AvgIpc) is 3.24. The van der Waals surface area contributed by atoms with E-state index >= 15 is 0 Å². The summed E-state index contributed by atoms with van der Waals surface area (Å²) in [5.74, 6) is 0.507. The van der Waals surface area contributed by atoms with Crippen molar-refractivity contribution in [3.05, 3.63) is 53.7 Å². The number of rotatable bonds is 5. The van der Waals surface area contributed by atoms with Gasteiger partial charge in [-0.1, -0.05) is 36.4 Å². The van der Waals surface area contributed by atoms with E-state index < -0.39 is 10.0 Å². The van der Waals surface area contributed by atoms with Gasteiger partial charge in [0.1, 0.15) is 6.54 Å². The van der Waals surface area contributed by atoms with Gasteiger partial charge in [-0.2, -0.15) is 13.9 Å². The molecule has 172 valence electrons. The lowest BCUT2D eigenvalue weighted by Gasteiger charge is -2.31. The first-order chi connectivity index (χ1) is 15.9. The van der Waals surface area contributed by atoms with Crippen LogP contribution in [0.3, 0.4) is 0 Å². The number of aromatic nitrogens is 4. The van der Waals surface area contributed by atoms with Crippen molar-refractivity contribution in [2.75, 3.05) is 39.3 Å². The minimum absolute atomic E-state index is 0.109. The van der Waals surface area contributed by atoms with Crippen LogP contribution in [0.25, 0.3) is 27.8 Å². The lowest BCUT2D eigenvalue weighted by molar-refractivity contribution is -0.904. The summed E-state index contributed by atoms with van der Waals surface area (Å²) in [5, 5.41) is 24.5. The van der Waals surface area contributed by atoms with E-state index in [0.717, 1.165) is 16.5 Å². The van der Waals surface area contributed by atoms with Crippen molar-refractivity contribution >= 4 is 26.4 Å². The second-order valence-electron chi connectivity index (χ2n) is 8.50. The number of nitrogens with zero attached hydrogens (tertiary/aromatic N) is 5. The number of hydrogen-bond donors (Lipinski definition) is 2. The van der Waals surface area contributed by atoms with Gasteiger partial charge in [0.2, 0.25) is 10.0 Å². The molecule has 0 amide bonds. The fourth-order valence-corrected chi connectivity index (χ4v) is 6.22. The van der Waals surface area contributed by atoms with Gasteiger partial charge in [-0.3, -0.25) is 0 Å². The molecular weight excluding hydrogens is 440 g/mol. The third-order valence-corrected chi connectivity index (χ3v) is 8.45. The van der Waals surface area contributed by atoms with Gasteiger partial charge in [0.05, 0.1) is 43.4 Å². The van der Waals surface area contributed by atoms with E-state index in [4.69, 9.17) is 5.11 Å². The Kier molecular flexibility index (Phi) is 5.61. The van der Waals surface area contributed by atoms with Gasteiger partial charge in [-0.25, -0.2) is 8.42 Å². The minimum atomic E-state index is -3.66. The lowest BCUT2D eigenvalue weighted by Crippen LogP contribution is -3.15. The molecule has 10 heteroatoms. The van der Waals surface area contributed by atoms with E-state index in [1.54, 1.807) is 10.6 Å². The Hall–Kier alpha value is -2.92. The third kappa shape index (κ3) is 3.78. The predicted molar refractivity (Wildman–Crippen MR) is 125 cm³/mol. The van der Waals surface area contributed by atoms with Gasteiger partial charge in [0, 0.05) is 16.3 Å². The van der Waals surface area contributed by atoms with Crippen molar-refractivity contribution in [1.82, 2.24) is 24.1 Å². The second kappa shape index (κ2) is 8.45. The van der Waals surface area contributed by atoms with E-state index in [9.17, 15) is 8.42 Å². The Balaban J connectivity index is 1.55. The predicted octanol–water partition coefficient (Wildman–Crippen LogP) is 0.443. The van der Waals surface area contributed by atoms with Crippen molar-refractivity contribution in [2.24, 2.45) is 0 Å². The van der Waals surface area contributed by atoms with Crippen LogP contribution >= 0.6 is 0 Å². The number of hydrogen-bond acceptors (Lipinski definition) is 6. The molecule has 1 aliphatic heterocycles. The molecule has 2 aromatic heterocycles. The SMILES string of the molecule is Cc1ccc(-c2nnc3c4ccccc4c(C)nn23)cc1S(=O)(=O)N1CC[NH+](CCO)CC1. The highest BCUT2D eigenvalue weighted by molar-refractivity contribution is 7.89. The lowest BCUT2D eigenvalue weighted by atomic mass is 10.1. The number of aliphatic hydroxyl groups is 1. The van der Waals surface area contributed by atoms with E-state index in [0.29, 0.717) is 55.3 Å². The highest BCUT2D eigenvalue weighted by Gasteiger charge is 2.31. The molecule has 33 heavy (non-hydrogen) atoms. The maximum Gasteiger partial charge on any atom is 0.243 e. The van der Waals surface area contributed by atoms with Crippen LogP contribution in [-0.2, 0) is 10.0 Å². The number of quaternary nitrogens is 1. The van der Waals surface area contributed by atoms with Gasteiger partial charge < -0.3 is 10.0 Å². The Morgan fingerprint density at radius 2 is 1.76 bits per heavy atom. The molecule has 5 rings (SSSR count). The molecule has 2 N–H and O–H groups in total. The number of nitrogens with one attached hydrogen (secondary N) is 1. The molecule has 0 bridgehead atoms. The zero-order valence-corrected chi connectivity index (χ0v) is 19.5. The van der Waals surface area contributed by atoms with Crippen LogP contribution in [0.5, 0.6) is 0 Å². The van der Waals surface area contributed by atoms with Gasteiger partial charge in [-0.15, -0.1) is 10.2 Å². The van der Waals surface area contributed by atoms with Crippen molar-refractivity contribution < 1.29 is 18.4 Å². The van der Waals surface area contributed by atoms with Crippen molar-refractivity contribution in [3.63, 3.8) is 0 Å². The Labute approximate surface area is 192 Å². The molecule has 0 unspecified atom stereocenters. The largest absolute Gasteiger partial charge is 0.391 e. The van der Waals surface area contributed by atoms with Crippen LogP contribution < -0.4 is 4.90 Å². The summed E-state index contributed by atoms with van der Waals surface area (Å²) in [5.41, 5.74) is 2.83. The van der Waals surface area contributed by atoms with E-state index in [-0.39, 0.29) is 11.5 Å². The molecule has 4 aromatic rings. The highest BCUT2D eigenvalue weighted by Crippen LogP contribution is 2.28. The highest BCUT2D eigenvalue weighted by atomic mass is 32.2. The molecule has 0 aliphatic carbocycles. The summed E-state index contributed by atoms with van der Waals surface area (Å²) < 4.78 is 30.2. The Morgan fingerprint density at radius 3 is 2.48 bits per heavy atom. The first-order valence-corrected chi connectivity index (χ1v) is 12.5. The molecule has 9 nitrogen and oxygen atoms in total. The minimum Gasteiger partial charge on any atom is -0.391 e. The molecule has 0 spiro atoms. The quantitative estimate of drug-likeness (QED) is 0.441. The maximum absolute atomic E-state index is 13.5. The van der Waals surface area contributed by atoms with Crippen LogP contribution in [-0.4, -0.2) is 77.0 Å². The summed E-state index contributed by atoms with van der Waals surface area (Å²) in [6.45, 7) is 6.73. The Bertz CT molecular complexity index is 1440. The summed E-state index contributed by atoms with van der Waals surface area (Å²) in [6.07, 6.45) is 0. The van der Waals surface area contributed by atoms with E-state index in [1.165, 1.54) is 9.21 Å². The number of fused-ring (bicyclic) bond motifs is 3. The third-order valence-electron chi connectivity index (χ3n) is 6.41. The molecule has 1 fully saturated rings.